The molecule has 0 aliphatic carbocycles. The standard InChI is InChI=1S/C19H24FN5O2/c1-2-27-18-17(4-3-6-21-18)19(26)24-8-9-25-16(13-24)10-15(22-25)12-23-7-5-14(20)11-23/h3-4,6,10,14H,2,5,7-9,11-13H2,1H3/t14-/m0/s1. The number of hydrogen-bond acceptors (Lipinski definition) is 5. The van der Waals surface area contributed by atoms with E-state index in [1.807, 2.05) is 17.7 Å². The number of fused-ring (bicyclic) bond motifs is 1. The maximum Gasteiger partial charge on any atom is 0.259 e. The summed E-state index contributed by atoms with van der Waals surface area (Å²) in [5.41, 5.74) is 2.42. The molecule has 1 saturated heterocycles. The van der Waals surface area contributed by atoms with Crippen LogP contribution in [0.1, 0.15) is 35.1 Å². The monoisotopic (exact) mass is 373 g/mol. The number of amides is 1. The van der Waals surface area contributed by atoms with Crippen LogP contribution in [0, 0.1) is 0 Å². The van der Waals surface area contributed by atoms with E-state index in [9.17, 15) is 9.18 Å². The first-order valence-corrected chi connectivity index (χ1v) is 9.43. The van der Waals surface area contributed by atoms with Crippen LogP contribution in [0.5, 0.6) is 5.88 Å². The van der Waals surface area contributed by atoms with Crippen molar-refractivity contribution in [1.29, 1.82) is 0 Å². The lowest BCUT2D eigenvalue weighted by Crippen LogP contribution is -2.38. The number of aromatic nitrogens is 3. The second-order valence-electron chi connectivity index (χ2n) is 6.99. The van der Waals surface area contributed by atoms with Gasteiger partial charge in [0.25, 0.3) is 5.91 Å². The first-order chi connectivity index (χ1) is 13.1. The normalized spacial score (nSPS) is 19.9. The van der Waals surface area contributed by atoms with Crippen molar-refractivity contribution in [2.24, 2.45) is 0 Å². The van der Waals surface area contributed by atoms with Crippen molar-refractivity contribution >= 4 is 5.91 Å². The van der Waals surface area contributed by atoms with E-state index in [2.05, 4.69) is 15.0 Å². The summed E-state index contributed by atoms with van der Waals surface area (Å²) in [6.07, 6.45) is 1.50. The quantitative estimate of drug-likeness (QED) is 0.801. The lowest BCUT2D eigenvalue weighted by molar-refractivity contribution is 0.0701. The Morgan fingerprint density at radius 2 is 2.26 bits per heavy atom. The van der Waals surface area contributed by atoms with Gasteiger partial charge in [0, 0.05) is 32.4 Å². The summed E-state index contributed by atoms with van der Waals surface area (Å²) in [7, 11) is 0. The van der Waals surface area contributed by atoms with Crippen LogP contribution >= 0.6 is 0 Å². The Hall–Kier alpha value is -2.48. The predicted octanol–water partition coefficient (Wildman–Crippen LogP) is 1.88. The third kappa shape index (κ3) is 3.80. The Labute approximate surface area is 157 Å². The highest BCUT2D eigenvalue weighted by Crippen LogP contribution is 2.22. The van der Waals surface area contributed by atoms with Gasteiger partial charge in [-0.3, -0.25) is 14.4 Å². The number of nitrogens with zero attached hydrogens (tertiary/aromatic N) is 5. The number of rotatable bonds is 5. The minimum absolute atomic E-state index is 0.0830. The molecule has 2 aliphatic rings. The van der Waals surface area contributed by atoms with Gasteiger partial charge >= 0.3 is 0 Å². The summed E-state index contributed by atoms with van der Waals surface area (Å²) in [6, 6.07) is 5.52. The fourth-order valence-corrected chi connectivity index (χ4v) is 3.71. The van der Waals surface area contributed by atoms with Gasteiger partial charge in [-0.05, 0) is 31.5 Å². The number of hydrogen-bond donors (Lipinski definition) is 0. The molecule has 0 bridgehead atoms. The van der Waals surface area contributed by atoms with E-state index < -0.39 is 6.17 Å². The van der Waals surface area contributed by atoms with E-state index in [1.54, 1.807) is 23.2 Å². The topological polar surface area (TPSA) is 63.5 Å². The SMILES string of the molecule is CCOc1ncccc1C(=O)N1CCn2nc(CN3CC[C@H](F)C3)cc2C1. The van der Waals surface area contributed by atoms with E-state index in [0.717, 1.165) is 17.9 Å². The van der Waals surface area contributed by atoms with Crippen LogP contribution in [-0.4, -0.2) is 62.9 Å². The second kappa shape index (κ2) is 7.64. The Morgan fingerprint density at radius 1 is 1.37 bits per heavy atom. The summed E-state index contributed by atoms with van der Waals surface area (Å²) >= 11 is 0. The second-order valence-corrected chi connectivity index (χ2v) is 6.99. The molecular weight excluding hydrogens is 349 g/mol. The van der Waals surface area contributed by atoms with Gasteiger partial charge in [-0.25, -0.2) is 9.37 Å². The third-order valence-corrected chi connectivity index (χ3v) is 5.02. The van der Waals surface area contributed by atoms with Crippen LogP contribution in [0.2, 0.25) is 0 Å². The fourth-order valence-electron chi connectivity index (χ4n) is 3.71. The Morgan fingerprint density at radius 3 is 3.04 bits per heavy atom. The van der Waals surface area contributed by atoms with Crippen LogP contribution in [0.3, 0.4) is 0 Å². The summed E-state index contributed by atoms with van der Waals surface area (Å²) in [5, 5.41) is 4.63. The van der Waals surface area contributed by atoms with Gasteiger partial charge in [0.1, 0.15) is 11.7 Å². The van der Waals surface area contributed by atoms with Gasteiger partial charge in [-0.1, -0.05) is 0 Å². The first-order valence-electron chi connectivity index (χ1n) is 9.43. The van der Waals surface area contributed by atoms with Gasteiger partial charge in [-0.2, -0.15) is 5.10 Å². The largest absolute Gasteiger partial charge is 0.477 e. The molecule has 7 nitrogen and oxygen atoms in total. The summed E-state index contributed by atoms with van der Waals surface area (Å²) in [4.78, 5) is 21.0. The molecule has 2 aromatic rings. The highest BCUT2D eigenvalue weighted by Gasteiger charge is 2.27. The Kier molecular flexibility index (Phi) is 5.07. The zero-order chi connectivity index (χ0) is 18.8. The first kappa shape index (κ1) is 17.9. The molecule has 1 atom stereocenters. The van der Waals surface area contributed by atoms with Crippen LogP contribution < -0.4 is 4.74 Å². The van der Waals surface area contributed by atoms with Gasteiger partial charge in [0.05, 0.1) is 31.1 Å². The summed E-state index contributed by atoms with van der Waals surface area (Å²) in [6.45, 7) is 5.98. The zero-order valence-corrected chi connectivity index (χ0v) is 15.5. The Balaban J connectivity index is 1.46. The van der Waals surface area contributed by atoms with E-state index in [0.29, 0.717) is 57.2 Å². The molecule has 8 heteroatoms. The lowest BCUT2D eigenvalue weighted by atomic mass is 10.2. The highest BCUT2D eigenvalue weighted by atomic mass is 19.1. The van der Waals surface area contributed by atoms with Gasteiger partial charge in [0.15, 0.2) is 0 Å². The number of carbonyl (C=O) groups is 1. The van der Waals surface area contributed by atoms with Crippen molar-refractivity contribution in [2.75, 3.05) is 26.2 Å². The Bertz CT molecular complexity index is 824. The summed E-state index contributed by atoms with van der Waals surface area (Å²) in [5.74, 6) is 0.292. The van der Waals surface area contributed by atoms with Crippen molar-refractivity contribution in [3.05, 3.63) is 41.3 Å². The molecule has 27 heavy (non-hydrogen) atoms. The number of halogens is 1. The minimum atomic E-state index is -0.727. The van der Waals surface area contributed by atoms with Crippen molar-refractivity contribution in [2.45, 2.75) is 39.2 Å². The van der Waals surface area contributed by atoms with E-state index >= 15 is 0 Å². The van der Waals surface area contributed by atoms with Crippen LogP contribution in [0.4, 0.5) is 4.39 Å². The fraction of sp³-hybridized carbons (Fsp3) is 0.526. The molecule has 2 aliphatic heterocycles. The number of ether oxygens (including phenoxy) is 1. The lowest BCUT2D eigenvalue weighted by Gasteiger charge is -2.28. The molecule has 1 fully saturated rings. The predicted molar refractivity (Wildman–Crippen MR) is 97.2 cm³/mol. The number of carbonyl (C=O) groups excluding carboxylic acids is 1. The molecule has 0 unspecified atom stereocenters. The number of alkyl halides is 1. The van der Waals surface area contributed by atoms with Crippen molar-refractivity contribution < 1.29 is 13.9 Å². The molecule has 4 rings (SSSR count). The smallest absolute Gasteiger partial charge is 0.259 e. The number of pyridine rings is 1. The molecule has 0 saturated carbocycles. The molecule has 2 aromatic heterocycles. The van der Waals surface area contributed by atoms with E-state index in [4.69, 9.17) is 4.74 Å². The molecular formula is C19H24FN5O2. The van der Waals surface area contributed by atoms with Gasteiger partial charge in [-0.15, -0.1) is 0 Å². The molecule has 0 spiro atoms. The molecule has 1 amide bonds. The van der Waals surface area contributed by atoms with Crippen LogP contribution in [-0.2, 0) is 19.6 Å². The summed E-state index contributed by atoms with van der Waals surface area (Å²) < 4.78 is 20.8. The molecule has 0 N–H and O–H groups in total. The van der Waals surface area contributed by atoms with Gasteiger partial charge < -0.3 is 9.64 Å². The molecule has 0 radical (unpaired) electrons. The molecule has 0 aromatic carbocycles. The molecule has 144 valence electrons. The van der Waals surface area contributed by atoms with E-state index in [1.165, 1.54) is 0 Å². The molecule has 4 heterocycles. The minimum Gasteiger partial charge on any atom is -0.477 e. The average Bonchev–Trinajstić information content (AvgIpc) is 3.26. The number of likely N-dealkylation sites (tertiary alicyclic amines) is 1. The van der Waals surface area contributed by atoms with Crippen molar-refractivity contribution in [3.8, 4) is 5.88 Å². The maximum absolute atomic E-state index is 13.4. The third-order valence-electron chi connectivity index (χ3n) is 5.02. The average molecular weight is 373 g/mol. The van der Waals surface area contributed by atoms with Crippen LogP contribution in [0.15, 0.2) is 24.4 Å². The zero-order valence-electron chi connectivity index (χ0n) is 15.5. The van der Waals surface area contributed by atoms with Crippen molar-refractivity contribution in [1.82, 2.24) is 24.6 Å². The van der Waals surface area contributed by atoms with Gasteiger partial charge in [0.2, 0.25) is 5.88 Å². The van der Waals surface area contributed by atoms with Crippen molar-refractivity contribution in [3.63, 3.8) is 0 Å². The van der Waals surface area contributed by atoms with E-state index in [-0.39, 0.29) is 5.91 Å². The maximum atomic E-state index is 13.4. The highest BCUT2D eigenvalue weighted by molar-refractivity contribution is 5.96. The van der Waals surface area contributed by atoms with Crippen LogP contribution in [0.25, 0.3) is 0 Å².